The summed E-state index contributed by atoms with van der Waals surface area (Å²) in [6.07, 6.45) is 5.17. The Kier molecular flexibility index (Phi) is 7.86. The largest absolute Gasteiger partial charge is 0.512 e. The second-order valence-electron chi connectivity index (χ2n) is 8.73. The van der Waals surface area contributed by atoms with E-state index in [2.05, 4.69) is 9.71 Å². The molecular formula is C25H33N3O5S. The molecule has 0 bridgehead atoms. The molecule has 1 aromatic carbocycles. The van der Waals surface area contributed by atoms with E-state index < -0.39 is 27.5 Å². The van der Waals surface area contributed by atoms with Gasteiger partial charge in [-0.1, -0.05) is 45.7 Å². The number of nitrogens with two attached hydrogens (primary N) is 1. The Morgan fingerprint density at radius 1 is 1.18 bits per heavy atom. The van der Waals surface area contributed by atoms with Crippen molar-refractivity contribution in [1.29, 1.82) is 0 Å². The number of carbonyl (C=O) groups excluding carboxylic acids is 1. The van der Waals surface area contributed by atoms with Crippen LogP contribution in [-0.4, -0.2) is 30.1 Å². The summed E-state index contributed by atoms with van der Waals surface area (Å²) in [6, 6.07) is 9.59. The van der Waals surface area contributed by atoms with Crippen LogP contribution in [0.2, 0.25) is 0 Å². The number of carbonyl (C=O) groups is 1. The molecular weight excluding hydrogens is 454 g/mol. The summed E-state index contributed by atoms with van der Waals surface area (Å²) in [5, 5.41) is 10.8. The normalized spacial score (nSPS) is 16.7. The molecule has 8 nitrogen and oxygen atoms in total. The number of nitrogen functional groups attached to an aromatic ring is 1. The molecule has 3 rings (SSSR count). The number of nitrogens with one attached hydrogen (secondary N) is 1. The third kappa shape index (κ3) is 5.52. The van der Waals surface area contributed by atoms with Gasteiger partial charge in [0.1, 0.15) is 11.4 Å². The molecule has 1 aliphatic rings. The molecule has 0 amide bonds. The van der Waals surface area contributed by atoms with E-state index in [1.165, 1.54) is 18.3 Å². The standard InChI is InChI=1S/C25H33N3O5S/c1-4-12-25(13-5-2)15-21(29)23(24(30)33-25)20(6-3)17-8-7-9-19(14-17)28-34(31,32)22-11-10-18(26)16-27-22/h7-11,14,16,20,28-29H,4-6,12-13,15,26H2,1-3H3/t20-/m0/s1. The molecule has 0 radical (unpaired) electrons. The number of esters is 1. The summed E-state index contributed by atoms with van der Waals surface area (Å²) in [5.41, 5.74) is 6.55. The number of rotatable bonds is 10. The first-order valence-electron chi connectivity index (χ1n) is 11.6. The summed E-state index contributed by atoms with van der Waals surface area (Å²) in [6.45, 7) is 5.97. The van der Waals surface area contributed by atoms with Crippen LogP contribution < -0.4 is 10.5 Å². The number of ether oxygens (including phenoxy) is 1. The number of hydrogen-bond acceptors (Lipinski definition) is 7. The maximum absolute atomic E-state index is 13.1. The van der Waals surface area contributed by atoms with Crippen LogP contribution in [0.15, 0.2) is 59.0 Å². The van der Waals surface area contributed by atoms with Gasteiger partial charge in [0.05, 0.1) is 17.5 Å². The van der Waals surface area contributed by atoms with Crippen LogP contribution in [0.3, 0.4) is 0 Å². The number of anilines is 2. The number of hydrogen-bond donors (Lipinski definition) is 3. The molecule has 1 aliphatic heterocycles. The van der Waals surface area contributed by atoms with E-state index in [4.69, 9.17) is 10.5 Å². The highest BCUT2D eigenvalue weighted by atomic mass is 32.2. The number of aliphatic hydroxyl groups excluding tert-OH is 1. The zero-order valence-corrected chi connectivity index (χ0v) is 20.7. The Morgan fingerprint density at radius 2 is 1.88 bits per heavy atom. The van der Waals surface area contributed by atoms with Crippen LogP contribution in [0, 0.1) is 0 Å². The van der Waals surface area contributed by atoms with Gasteiger partial charge in [0.15, 0.2) is 5.03 Å². The minimum atomic E-state index is -3.92. The van der Waals surface area contributed by atoms with Crippen molar-refractivity contribution in [2.24, 2.45) is 0 Å². The van der Waals surface area contributed by atoms with Crippen LogP contribution in [0.25, 0.3) is 0 Å². The van der Waals surface area contributed by atoms with Gasteiger partial charge in [-0.25, -0.2) is 9.78 Å². The Bertz CT molecular complexity index is 1150. The van der Waals surface area contributed by atoms with E-state index in [1.807, 2.05) is 20.8 Å². The Balaban J connectivity index is 1.91. The van der Waals surface area contributed by atoms with E-state index in [-0.39, 0.29) is 16.4 Å². The van der Waals surface area contributed by atoms with Crippen molar-refractivity contribution in [3.8, 4) is 0 Å². The second-order valence-corrected chi connectivity index (χ2v) is 10.4. The van der Waals surface area contributed by atoms with Gasteiger partial charge in [0.25, 0.3) is 10.0 Å². The van der Waals surface area contributed by atoms with Gasteiger partial charge in [0, 0.05) is 18.0 Å². The van der Waals surface area contributed by atoms with E-state index >= 15 is 0 Å². The Hall–Kier alpha value is -3.07. The summed E-state index contributed by atoms with van der Waals surface area (Å²) in [5.74, 6) is -0.885. The topological polar surface area (TPSA) is 132 Å². The average Bonchev–Trinajstić information content (AvgIpc) is 2.77. The van der Waals surface area contributed by atoms with Gasteiger partial charge in [-0.15, -0.1) is 0 Å². The molecule has 0 unspecified atom stereocenters. The number of pyridine rings is 1. The summed E-state index contributed by atoms with van der Waals surface area (Å²) < 4.78 is 33.9. The van der Waals surface area contributed by atoms with Crippen LogP contribution in [0.5, 0.6) is 0 Å². The number of sulfonamides is 1. The van der Waals surface area contributed by atoms with Crippen molar-refractivity contribution in [2.45, 2.75) is 75.8 Å². The predicted molar refractivity (Wildman–Crippen MR) is 132 cm³/mol. The fourth-order valence-corrected chi connectivity index (χ4v) is 5.63. The molecule has 2 aromatic rings. The first-order valence-corrected chi connectivity index (χ1v) is 13.1. The molecule has 0 spiro atoms. The van der Waals surface area contributed by atoms with Gasteiger partial charge in [-0.3, -0.25) is 4.72 Å². The van der Waals surface area contributed by atoms with Crippen LogP contribution in [-0.2, 0) is 19.6 Å². The highest BCUT2D eigenvalue weighted by molar-refractivity contribution is 7.92. The molecule has 0 saturated heterocycles. The highest BCUT2D eigenvalue weighted by Crippen LogP contribution is 2.42. The molecule has 1 atom stereocenters. The van der Waals surface area contributed by atoms with Crippen molar-refractivity contribution < 1.29 is 23.1 Å². The summed E-state index contributed by atoms with van der Waals surface area (Å²) in [7, 11) is -3.92. The van der Waals surface area contributed by atoms with E-state index in [9.17, 15) is 18.3 Å². The monoisotopic (exact) mass is 487 g/mol. The van der Waals surface area contributed by atoms with Gasteiger partial charge >= 0.3 is 5.97 Å². The fourth-order valence-electron chi connectivity index (χ4n) is 4.65. The minimum absolute atomic E-state index is 0.0575. The Labute approximate surface area is 201 Å². The molecule has 0 aliphatic carbocycles. The van der Waals surface area contributed by atoms with Crippen LogP contribution in [0.1, 0.15) is 70.8 Å². The lowest BCUT2D eigenvalue weighted by molar-refractivity contribution is -0.161. The first-order chi connectivity index (χ1) is 16.1. The second kappa shape index (κ2) is 10.5. The zero-order chi connectivity index (χ0) is 24.9. The van der Waals surface area contributed by atoms with Crippen molar-refractivity contribution in [2.75, 3.05) is 10.5 Å². The van der Waals surface area contributed by atoms with Crippen molar-refractivity contribution in [1.82, 2.24) is 4.98 Å². The molecule has 0 fully saturated rings. The number of benzene rings is 1. The van der Waals surface area contributed by atoms with Crippen molar-refractivity contribution in [3.05, 3.63) is 59.5 Å². The van der Waals surface area contributed by atoms with Crippen LogP contribution >= 0.6 is 0 Å². The van der Waals surface area contributed by atoms with Gasteiger partial charge < -0.3 is 15.6 Å². The molecule has 1 aromatic heterocycles. The van der Waals surface area contributed by atoms with E-state index in [1.54, 1.807) is 24.3 Å². The molecule has 9 heteroatoms. The zero-order valence-electron chi connectivity index (χ0n) is 19.9. The van der Waals surface area contributed by atoms with Gasteiger partial charge in [0.2, 0.25) is 0 Å². The summed E-state index contributed by atoms with van der Waals surface area (Å²) >= 11 is 0. The minimum Gasteiger partial charge on any atom is -0.512 e. The number of nitrogens with zero attached hydrogens (tertiary/aromatic N) is 1. The highest BCUT2D eigenvalue weighted by Gasteiger charge is 2.42. The maximum Gasteiger partial charge on any atom is 0.338 e. The number of aromatic nitrogens is 1. The lowest BCUT2D eigenvalue weighted by Gasteiger charge is -2.38. The fraction of sp³-hybridized carbons (Fsp3) is 0.440. The van der Waals surface area contributed by atoms with Crippen LogP contribution in [0.4, 0.5) is 11.4 Å². The molecule has 4 N–H and O–H groups in total. The lowest BCUT2D eigenvalue weighted by Crippen LogP contribution is -2.41. The average molecular weight is 488 g/mol. The maximum atomic E-state index is 13.1. The van der Waals surface area contributed by atoms with Crippen molar-refractivity contribution >= 4 is 27.4 Å². The van der Waals surface area contributed by atoms with E-state index in [0.717, 1.165) is 12.8 Å². The molecule has 184 valence electrons. The summed E-state index contributed by atoms with van der Waals surface area (Å²) in [4.78, 5) is 17.0. The third-order valence-electron chi connectivity index (χ3n) is 6.07. The SMILES string of the molecule is CCCC1(CCC)CC(O)=C([C@@H](CC)c2cccc(NS(=O)(=O)c3ccc(N)cn3)c2)C(=O)O1. The molecule has 34 heavy (non-hydrogen) atoms. The van der Waals surface area contributed by atoms with Gasteiger partial charge in [-0.2, -0.15) is 8.42 Å². The lowest BCUT2D eigenvalue weighted by atomic mass is 9.80. The van der Waals surface area contributed by atoms with Crippen molar-refractivity contribution in [3.63, 3.8) is 0 Å². The quantitative estimate of drug-likeness (QED) is 0.399. The third-order valence-corrected chi connectivity index (χ3v) is 7.37. The molecule has 2 heterocycles. The first kappa shape index (κ1) is 25.6. The molecule has 0 saturated carbocycles. The predicted octanol–water partition coefficient (Wildman–Crippen LogP) is 5.06. The van der Waals surface area contributed by atoms with E-state index in [0.29, 0.717) is 42.6 Å². The smallest absolute Gasteiger partial charge is 0.338 e. The van der Waals surface area contributed by atoms with Gasteiger partial charge in [-0.05, 0) is 49.1 Å². The number of cyclic esters (lactones) is 1. The Morgan fingerprint density at radius 3 is 2.44 bits per heavy atom. The number of aliphatic hydroxyl groups is 1.